The van der Waals surface area contributed by atoms with Gasteiger partial charge in [-0.25, -0.2) is 13.2 Å². The van der Waals surface area contributed by atoms with Gasteiger partial charge in [-0.3, -0.25) is 9.10 Å². The number of hydrogen-bond acceptors (Lipinski definition) is 7. The normalized spacial score (nSPS) is 16.5. The average molecular weight is 482 g/mol. The lowest BCUT2D eigenvalue weighted by atomic mass is 10.1. The molecule has 2 heterocycles. The second-order valence-electron chi connectivity index (χ2n) is 8.01. The number of carbonyl (C=O) groups is 2. The number of sulfonamides is 1. The van der Waals surface area contributed by atoms with Crippen molar-refractivity contribution < 1.29 is 27.5 Å². The molecule has 0 unspecified atom stereocenters. The number of amides is 1. The Morgan fingerprint density at radius 1 is 1.06 bits per heavy atom. The molecule has 1 saturated heterocycles. The number of nitrogens with one attached hydrogen (secondary N) is 1. The van der Waals surface area contributed by atoms with Crippen LogP contribution in [0.15, 0.2) is 59.5 Å². The molecule has 0 bridgehead atoms. The number of anilines is 3. The maximum atomic E-state index is 13.2. The third kappa shape index (κ3) is 3.74. The summed E-state index contributed by atoms with van der Waals surface area (Å²) in [6.45, 7) is 2.12. The first-order chi connectivity index (χ1) is 16.4. The maximum absolute atomic E-state index is 13.2. The lowest BCUT2D eigenvalue weighted by molar-refractivity contribution is -0.114. The van der Waals surface area contributed by atoms with Gasteiger partial charge in [0.1, 0.15) is 6.54 Å². The molecule has 0 atom stereocenters. The van der Waals surface area contributed by atoms with Crippen molar-refractivity contribution in [3.8, 4) is 0 Å². The van der Waals surface area contributed by atoms with E-state index in [1.54, 1.807) is 42.5 Å². The molecular formula is C24H23N3O6S. The third-order valence-electron chi connectivity index (χ3n) is 6.03. The summed E-state index contributed by atoms with van der Waals surface area (Å²) in [6.07, 6.45) is 0. The van der Waals surface area contributed by atoms with Crippen LogP contribution < -0.4 is 14.5 Å². The quantitative estimate of drug-likeness (QED) is 0.559. The number of carbonyl (C=O) groups excluding carboxylic acids is 2. The molecule has 3 aromatic rings. The van der Waals surface area contributed by atoms with Crippen LogP contribution in [0.2, 0.25) is 0 Å². The predicted molar refractivity (Wildman–Crippen MR) is 128 cm³/mol. The van der Waals surface area contributed by atoms with Crippen LogP contribution in [0.3, 0.4) is 0 Å². The monoisotopic (exact) mass is 481 g/mol. The summed E-state index contributed by atoms with van der Waals surface area (Å²) in [6, 6.07) is 15.4. The van der Waals surface area contributed by atoms with Gasteiger partial charge in [0, 0.05) is 24.2 Å². The van der Waals surface area contributed by atoms with E-state index in [9.17, 15) is 18.0 Å². The van der Waals surface area contributed by atoms with E-state index in [2.05, 4.69) is 10.2 Å². The number of ether oxygens (including phenoxy) is 2. The van der Waals surface area contributed by atoms with Crippen molar-refractivity contribution in [2.75, 3.05) is 54.5 Å². The summed E-state index contributed by atoms with van der Waals surface area (Å²) in [5.74, 6) is -1.17. The molecule has 34 heavy (non-hydrogen) atoms. The molecule has 1 amide bonds. The average Bonchev–Trinajstić information content (AvgIpc) is 3.07. The molecule has 0 aromatic heterocycles. The van der Waals surface area contributed by atoms with E-state index in [4.69, 9.17) is 9.47 Å². The SMILES string of the molecule is COC(=O)c1cc(N2CCOCC2)ccc1NC(=O)CN1c2cccc3cccc(c23)S1(=O)=O. The number of methoxy groups -OCH3 is 1. The van der Waals surface area contributed by atoms with E-state index in [1.807, 2.05) is 12.1 Å². The van der Waals surface area contributed by atoms with Crippen molar-refractivity contribution in [1.82, 2.24) is 0 Å². The van der Waals surface area contributed by atoms with Crippen molar-refractivity contribution >= 4 is 49.7 Å². The van der Waals surface area contributed by atoms with Gasteiger partial charge in [-0.2, -0.15) is 0 Å². The van der Waals surface area contributed by atoms with Crippen molar-refractivity contribution in [2.24, 2.45) is 0 Å². The minimum atomic E-state index is -3.88. The summed E-state index contributed by atoms with van der Waals surface area (Å²) < 4.78 is 37.7. The third-order valence-corrected chi connectivity index (χ3v) is 7.83. The lowest BCUT2D eigenvalue weighted by Crippen LogP contribution is -2.36. The summed E-state index contributed by atoms with van der Waals surface area (Å²) in [7, 11) is -2.61. The first-order valence-corrected chi connectivity index (χ1v) is 12.2. The minimum absolute atomic E-state index is 0.179. The fourth-order valence-electron chi connectivity index (χ4n) is 4.39. The van der Waals surface area contributed by atoms with Crippen LogP contribution in [0.4, 0.5) is 17.1 Å². The van der Waals surface area contributed by atoms with Gasteiger partial charge in [-0.05, 0) is 35.7 Å². The summed E-state index contributed by atoms with van der Waals surface area (Å²) in [4.78, 5) is 27.7. The first kappa shape index (κ1) is 22.2. The fourth-order valence-corrected chi connectivity index (χ4v) is 6.05. The predicted octanol–water partition coefficient (Wildman–Crippen LogP) is 2.61. The molecule has 9 nitrogen and oxygen atoms in total. The standard InChI is InChI=1S/C24H23N3O6S/c1-32-24(29)18-14-17(26-10-12-33-13-11-26)8-9-19(18)25-22(28)15-27-20-6-2-4-16-5-3-7-21(23(16)20)34(27,30)31/h2-9,14H,10-13,15H2,1H3,(H,25,28). The highest BCUT2D eigenvalue weighted by Gasteiger charge is 2.36. The van der Waals surface area contributed by atoms with Gasteiger partial charge < -0.3 is 19.7 Å². The number of nitrogens with zero attached hydrogens (tertiary/aromatic N) is 2. The van der Waals surface area contributed by atoms with Gasteiger partial charge in [0.2, 0.25) is 5.91 Å². The molecule has 0 saturated carbocycles. The Morgan fingerprint density at radius 2 is 1.79 bits per heavy atom. The molecule has 5 rings (SSSR count). The zero-order chi connectivity index (χ0) is 23.9. The van der Waals surface area contributed by atoms with E-state index >= 15 is 0 Å². The minimum Gasteiger partial charge on any atom is -0.465 e. The Hall–Kier alpha value is -3.63. The van der Waals surface area contributed by atoms with E-state index in [0.29, 0.717) is 37.4 Å². The molecule has 0 radical (unpaired) electrons. The Balaban J connectivity index is 1.42. The first-order valence-electron chi connectivity index (χ1n) is 10.8. The number of rotatable bonds is 5. The van der Waals surface area contributed by atoms with Crippen molar-refractivity contribution in [3.05, 3.63) is 60.2 Å². The molecule has 10 heteroatoms. The largest absolute Gasteiger partial charge is 0.465 e. The maximum Gasteiger partial charge on any atom is 0.340 e. The van der Waals surface area contributed by atoms with Crippen molar-refractivity contribution in [3.63, 3.8) is 0 Å². The highest BCUT2D eigenvalue weighted by molar-refractivity contribution is 7.93. The number of morpholine rings is 1. The zero-order valence-electron chi connectivity index (χ0n) is 18.5. The molecule has 0 aliphatic carbocycles. The smallest absolute Gasteiger partial charge is 0.340 e. The highest BCUT2D eigenvalue weighted by atomic mass is 32.2. The van der Waals surface area contributed by atoms with Gasteiger partial charge in [-0.15, -0.1) is 0 Å². The van der Waals surface area contributed by atoms with Crippen molar-refractivity contribution in [2.45, 2.75) is 4.90 Å². The molecule has 1 N–H and O–H groups in total. The van der Waals surface area contributed by atoms with Gasteiger partial charge in [0.15, 0.2) is 0 Å². The second-order valence-corrected chi connectivity index (χ2v) is 9.84. The van der Waals surface area contributed by atoms with Crippen LogP contribution in [0.1, 0.15) is 10.4 Å². The van der Waals surface area contributed by atoms with Gasteiger partial charge in [-0.1, -0.05) is 24.3 Å². The van der Waals surface area contributed by atoms with Crippen LogP contribution in [-0.2, 0) is 24.3 Å². The van der Waals surface area contributed by atoms with Crippen LogP contribution in [0.25, 0.3) is 10.8 Å². The second kappa shape index (κ2) is 8.62. The summed E-state index contributed by atoms with van der Waals surface area (Å²) in [5, 5.41) is 4.08. The molecule has 2 aliphatic rings. The topological polar surface area (TPSA) is 105 Å². The Kier molecular flexibility index (Phi) is 5.62. The number of benzene rings is 3. The van der Waals surface area contributed by atoms with Gasteiger partial charge in [0.05, 0.1) is 42.2 Å². The number of hydrogen-bond donors (Lipinski definition) is 1. The molecule has 3 aromatic carbocycles. The summed E-state index contributed by atoms with van der Waals surface area (Å²) >= 11 is 0. The van der Waals surface area contributed by atoms with Crippen LogP contribution >= 0.6 is 0 Å². The Labute approximate surface area is 196 Å². The van der Waals surface area contributed by atoms with Crippen LogP contribution in [0.5, 0.6) is 0 Å². The zero-order valence-corrected chi connectivity index (χ0v) is 19.3. The van der Waals surface area contributed by atoms with Crippen LogP contribution in [-0.4, -0.2) is 60.3 Å². The highest BCUT2D eigenvalue weighted by Crippen LogP contribution is 2.41. The summed E-state index contributed by atoms with van der Waals surface area (Å²) in [5.41, 5.74) is 1.71. The van der Waals surface area contributed by atoms with E-state index in [0.717, 1.165) is 15.4 Å². The molecular weight excluding hydrogens is 458 g/mol. The molecule has 2 aliphatic heterocycles. The fraction of sp³-hybridized carbons (Fsp3) is 0.250. The Morgan fingerprint density at radius 3 is 2.53 bits per heavy atom. The number of esters is 1. The Bertz CT molecular complexity index is 1390. The van der Waals surface area contributed by atoms with E-state index in [1.165, 1.54) is 7.11 Å². The molecule has 1 fully saturated rings. The van der Waals surface area contributed by atoms with E-state index < -0.39 is 28.4 Å². The van der Waals surface area contributed by atoms with Gasteiger partial charge in [0.25, 0.3) is 10.0 Å². The van der Waals surface area contributed by atoms with Crippen LogP contribution in [0, 0.1) is 0 Å². The van der Waals surface area contributed by atoms with Gasteiger partial charge >= 0.3 is 5.97 Å². The van der Waals surface area contributed by atoms with Crippen molar-refractivity contribution in [1.29, 1.82) is 0 Å². The molecule has 0 spiro atoms. The van der Waals surface area contributed by atoms with E-state index in [-0.39, 0.29) is 16.1 Å². The lowest BCUT2D eigenvalue weighted by Gasteiger charge is -2.29. The molecule has 176 valence electrons.